The molecule has 104 valence electrons. The van der Waals surface area contributed by atoms with Gasteiger partial charge in [0, 0.05) is 43.6 Å². The fraction of sp³-hybridized carbons (Fsp3) is 0.600. The summed E-state index contributed by atoms with van der Waals surface area (Å²) in [6.45, 7) is 6.09. The van der Waals surface area contributed by atoms with Crippen molar-refractivity contribution in [1.29, 1.82) is 0 Å². The van der Waals surface area contributed by atoms with E-state index in [0.717, 1.165) is 19.5 Å². The average Bonchev–Trinajstić information content (AvgIpc) is 2.72. The van der Waals surface area contributed by atoms with Gasteiger partial charge in [-0.25, -0.2) is 4.39 Å². The molecule has 1 saturated heterocycles. The zero-order chi connectivity index (χ0) is 13.6. The first-order chi connectivity index (χ1) is 8.99. The summed E-state index contributed by atoms with van der Waals surface area (Å²) in [5.41, 5.74) is 0.347. The minimum Gasteiger partial charge on any atom is -0.485 e. The van der Waals surface area contributed by atoms with E-state index in [1.54, 1.807) is 6.07 Å². The lowest BCUT2D eigenvalue weighted by atomic mass is 9.88. The summed E-state index contributed by atoms with van der Waals surface area (Å²) in [6, 6.07) is 4.85. The zero-order valence-electron chi connectivity index (χ0n) is 11.4. The van der Waals surface area contributed by atoms with Crippen molar-refractivity contribution in [1.82, 2.24) is 4.90 Å². The van der Waals surface area contributed by atoms with Crippen molar-refractivity contribution in [3.63, 3.8) is 0 Å². The van der Waals surface area contributed by atoms with Gasteiger partial charge in [0.2, 0.25) is 0 Å². The number of nitrogens with zero attached hydrogens (tertiary/aromatic N) is 1. The predicted molar refractivity (Wildman–Crippen MR) is 70.7 cm³/mol. The Bertz CT molecular complexity index is 491. The highest BCUT2D eigenvalue weighted by molar-refractivity contribution is 5.39. The van der Waals surface area contributed by atoms with Gasteiger partial charge in [-0.3, -0.25) is 4.90 Å². The van der Waals surface area contributed by atoms with Crippen LogP contribution in [-0.2, 0) is 0 Å². The number of likely N-dealkylation sites (tertiary alicyclic amines) is 1. The average molecular weight is 265 g/mol. The predicted octanol–water partition coefficient (Wildman–Crippen LogP) is 2.49. The first-order valence-corrected chi connectivity index (χ1v) is 6.90. The van der Waals surface area contributed by atoms with Gasteiger partial charge in [0.25, 0.3) is 0 Å². The Morgan fingerprint density at radius 1 is 1.47 bits per heavy atom. The fourth-order valence-electron chi connectivity index (χ4n) is 3.18. The second kappa shape index (κ2) is 4.46. The lowest BCUT2D eigenvalue weighted by molar-refractivity contribution is -0.00915. The highest BCUT2D eigenvalue weighted by Gasteiger charge is 2.46. The van der Waals surface area contributed by atoms with Gasteiger partial charge in [0.05, 0.1) is 6.10 Å². The molecule has 2 aliphatic heterocycles. The molecule has 2 atom stereocenters. The molecule has 1 unspecified atom stereocenters. The first-order valence-electron chi connectivity index (χ1n) is 6.90. The van der Waals surface area contributed by atoms with Crippen LogP contribution in [0.1, 0.15) is 38.4 Å². The molecular weight excluding hydrogens is 245 g/mol. The molecule has 2 heterocycles. The molecule has 0 saturated carbocycles. The Labute approximate surface area is 113 Å². The Morgan fingerprint density at radius 3 is 2.95 bits per heavy atom. The molecule has 1 aromatic rings. The van der Waals surface area contributed by atoms with Crippen LogP contribution in [0.5, 0.6) is 5.75 Å². The first kappa shape index (κ1) is 12.9. The van der Waals surface area contributed by atoms with Gasteiger partial charge in [0.1, 0.15) is 17.2 Å². The highest BCUT2D eigenvalue weighted by atomic mass is 19.1. The van der Waals surface area contributed by atoms with Crippen molar-refractivity contribution in [2.45, 2.75) is 44.4 Å². The Morgan fingerprint density at radius 2 is 2.26 bits per heavy atom. The van der Waals surface area contributed by atoms with Crippen LogP contribution in [0.15, 0.2) is 18.2 Å². The fourth-order valence-corrected chi connectivity index (χ4v) is 3.18. The van der Waals surface area contributed by atoms with Crippen molar-refractivity contribution in [3.8, 4) is 5.75 Å². The zero-order valence-corrected chi connectivity index (χ0v) is 11.4. The van der Waals surface area contributed by atoms with Crippen LogP contribution in [0.25, 0.3) is 0 Å². The summed E-state index contributed by atoms with van der Waals surface area (Å²) in [7, 11) is 0. The number of rotatable bonds is 1. The number of hydrogen-bond acceptors (Lipinski definition) is 3. The van der Waals surface area contributed by atoms with Crippen LogP contribution in [0.2, 0.25) is 0 Å². The van der Waals surface area contributed by atoms with Crippen molar-refractivity contribution < 1.29 is 14.2 Å². The number of hydrogen-bond donors (Lipinski definition) is 1. The van der Waals surface area contributed by atoms with Crippen LogP contribution in [0.4, 0.5) is 4.39 Å². The second-order valence-corrected chi connectivity index (χ2v) is 6.00. The normalized spacial score (nSPS) is 30.7. The summed E-state index contributed by atoms with van der Waals surface area (Å²) < 4.78 is 19.4. The third-order valence-electron chi connectivity index (χ3n) is 4.30. The van der Waals surface area contributed by atoms with Gasteiger partial charge in [-0.05, 0) is 26.0 Å². The van der Waals surface area contributed by atoms with Gasteiger partial charge in [0.15, 0.2) is 0 Å². The van der Waals surface area contributed by atoms with E-state index in [2.05, 4.69) is 18.7 Å². The molecule has 3 nitrogen and oxygen atoms in total. The minimum absolute atomic E-state index is 0.318. The lowest BCUT2D eigenvalue weighted by Gasteiger charge is -2.38. The molecule has 0 bridgehead atoms. The van der Waals surface area contributed by atoms with E-state index in [-0.39, 0.29) is 11.4 Å². The van der Waals surface area contributed by atoms with Gasteiger partial charge in [-0.2, -0.15) is 0 Å². The molecule has 0 aromatic heterocycles. The van der Waals surface area contributed by atoms with E-state index in [4.69, 9.17) is 4.74 Å². The van der Waals surface area contributed by atoms with E-state index in [9.17, 15) is 9.50 Å². The van der Waals surface area contributed by atoms with Crippen molar-refractivity contribution in [2.75, 3.05) is 13.1 Å². The van der Waals surface area contributed by atoms with Gasteiger partial charge in [-0.15, -0.1) is 0 Å². The quantitative estimate of drug-likeness (QED) is 0.847. The Hall–Kier alpha value is -1.13. The van der Waals surface area contributed by atoms with E-state index in [1.807, 2.05) is 0 Å². The molecule has 1 N–H and O–H groups in total. The minimum atomic E-state index is -0.559. The summed E-state index contributed by atoms with van der Waals surface area (Å²) in [4.78, 5) is 2.34. The summed E-state index contributed by atoms with van der Waals surface area (Å²) in [5.74, 6) is 0.186. The Balaban J connectivity index is 1.88. The number of benzene rings is 1. The third-order valence-corrected chi connectivity index (χ3v) is 4.30. The van der Waals surface area contributed by atoms with E-state index < -0.39 is 6.10 Å². The maximum absolute atomic E-state index is 13.3. The van der Waals surface area contributed by atoms with Crippen LogP contribution in [0.3, 0.4) is 0 Å². The molecule has 19 heavy (non-hydrogen) atoms. The molecule has 0 amide bonds. The molecule has 2 aliphatic rings. The number of fused-ring (bicyclic) bond motifs is 1. The van der Waals surface area contributed by atoms with Crippen LogP contribution in [-0.4, -0.2) is 34.7 Å². The van der Waals surface area contributed by atoms with Crippen LogP contribution >= 0.6 is 0 Å². The lowest BCUT2D eigenvalue weighted by Crippen LogP contribution is -2.44. The SMILES string of the molecule is CC(C)N1CCC2(C[C@@H](O)c3ccc(F)cc3O2)C1. The number of aliphatic hydroxyl groups is 1. The molecule has 0 aliphatic carbocycles. The maximum atomic E-state index is 13.3. The molecule has 1 fully saturated rings. The number of halogens is 1. The van der Waals surface area contributed by atoms with E-state index in [0.29, 0.717) is 23.8 Å². The van der Waals surface area contributed by atoms with E-state index >= 15 is 0 Å². The molecule has 0 radical (unpaired) electrons. The van der Waals surface area contributed by atoms with Gasteiger partial charge >= 0.3 is 0 Å². The van der Waals surface area contributed by atoms with Gasteiger partial charge in [-0.1, -0.05) is 0 Å². The van der Waals surface area contributed by atoms with Crippen molar-refractivity contribution in [2.24, 2.45) is 0 Å². The molecule has 4 heteroatoms. The number of aliphatic hydroxyl groups excluding tert-OH is 1. The topological polar surface area (TPSA) is 32.7 Å². The third kappa shape index (κ3) is 2.23. The van der Waals surface area contributed by atoms with Crippen molar-refractivity contribution in [3.05, 3.63) is 29.6 Å². The summed E-state index contributed by atoms with van der Waals surface area (Å²) >= 11 is 0. The van der Waals surface area contributed by atoms with Gasteiger partial charge < -0.3 is 9.84 Å². The highest BCUT2D eigenvalue weighted by Crippen LogP contribution is 2.44. The molecule has 3 rings (SSSR count). The van der Waals surface area contributed by atoms with Crippen molar-refractivity contribution >= 4 is 0 Å². The van der Waals surface area contributed by atoms with Crippen LogP contribution in [0, 0.1) is 5.82 Å². The number of ether oxygens (including phenoxy) is 1. The summed E-state index contributed by atoms with van der Waals surface area (Å²) in [6.07, 6.45) is 0.920. The summed E-state index contributed by atoms with van der Waals surface area (Å²) in [5, 5.41) is 10.3. The molecule has 1 aromatic carbocycles. The van der Waals surface area contributed by atoms with Crippen LogP contribution < -0.4 is 4.74 Å². The largest absolute Gasteiger partial charge is 0.485 e. The molecule has 1 spiro atoms. The molecular formula is C15H20FNO2. The standard InChI is InChI=1S/C15H20FNO2/c1-10(2)17-6-5-15(9-17)8-13(18)12-4-3-11(16)7-14(12)19-15/h3-4,7,10,13,18H,5-6,8-9H2,1-2H3/t13-,15?/m1/s1. The maximum Gasteiger partial charge on any atom is 0.128 e. The monoisotopic (exact) mass is 265 g/mol. The smallest absolute Gasteiger partial charge is 0.128 e. The van der Waals surface area contributed by atoms with E-state index in [1.165, 1.54) is 12.1 Å². The Kier molecular flexibility index (Phi) is 3.02. The second-order valence-electron chi connectivity index (χ2n) is 6.00.